The number of primary amides is 1. The van der Waals surface area contributed by atoms with Gasteiger partial charge in [-0.3, -0.25) is 4.79 Å². The summed E-state index contributed by atoms with van der Waals surface area (Å²) in [6, 6.07) is 7.31. The van der Waals surface area contributed by atoms with Gasteiger partial charge in [0.15, 0.2) is 0 Å². The number of hydrogen-bond acceptors (Lipinski definition) is 4. The van der Waals surface area contributed by atoms with E-state index in [1.807, 2.05) is 24.3 Å². The summed E-state index contributed by atoms with van der Waals surface area (Å²) < 4.78 is 15.3. The van der Waals surface area contributed by atoms with Crippen LogP contribution in [-0.2, 0) is 20.9 Å². The van der Waals surface area contributed by atoms with Crippen LogP contribution in [0.3, 0.4) is 0 Å². The number of methoxy groups -OCH3 is 2. The summed E-state index contributed by atoms with van der Waals surface area (Å²) in [5.41, 5.74) is 6.08. The van der Waals surface area contributed by atoms with Gasteiger partial charge in [-0.2, -0.15) is 0 Å². The van der Waals surface area contributed by atoms with Gasteiger partial charge in [0.1, 0.15) is 5.75 Å². The number of amides is 1. The van der Waals surface area contributed by atoms with Crippen LogP contribution in [-0.4, -0.2) is 25.9 Å². The molecule has 0 aliphatic carbocycles. The molecule has 1 unspecified atom stereocenters. The maximum Gasteiger partial charge on any atom is 0.277 e. The molecule has 5 nitrogen and oxygen atoms in total. The van der Waals surface area contributed by atoms with Crippen molar-refractivity contribution in [2.24, 2.45) is 5.73 Å². The van der Waals surface area contributed by atoms with Crippen LogP contribution >= 0.6 is 0 Å². The van der Waals surface area contributed by atoms with Crippen molar-refractivity contribution in [2.75, 3.05) is 14.2 Å². The Morgan fingerprint density at radius 2 is 1.88 bits per heavy atom. The first-order chi connectivity index (χ1) is 8.01. The predicted molar refractivity (Wildman–Crippen MR) is 62.4 cm³/mol. The fraction of sp³-hybridized carbons (Fsp3) is 0.417. The highest BCUT2D eigenvalue weighted by molar-refractivity contribution is 5.81. The molecule has 1 aromatic rings. The Kier molecular flexibility index (Phi) is 4.48. The molecule has 0 radical (unpaired) electrons. The summed E-state index contributed by atoms with van der Waals surface area (Å²) in [6.45, 7) is 1.72. The molecule has 17 heavy (non-hydrogen) atoms. The Bertz CT molecular complexity index is 377. The Hall–Kier alpha value is -1.59. The van der Waals surface area contributed by atoms with Crippen molar-refractivity contribution in [3.05, 3.63) is 29.8 Å². The quantitative estimate of drug-likeness (QED) is 0.753. The van der Waals surface area contributed by atoms with E-state index in [4.69, 9.17) is 19.9 Å². The third kappa shape index (κ3) is 3.44. The van der Waals surface area contributed by atoms with Crippen LogP contribution in [0.15, 0.2) is 24.3 Å². The van der Waals surface area contributed by atoms with E-state index in [9.17, 15) is 4.79 Å². The lowest BCUT2D eigenvalue weighted by Crippen LogP contribution is -2.45. The number of rotatable bonds is 6. The first kappa shape index (κ1) is 13.5. The number of hydrogen-bond donors (Lipinski definition) is 1. The molecule has 0 aromatic heterocycles. The predicted octanol–water partition coefficient (Wildman–Crippen LogP) is 1.06. The number of ether oxygens (including phenoxy) is 3. The van der Waals surface area contributed by atoms with E-state index in [1.165, 1.54) is 14.0 Å². The molecule has 1 aromatic carbocycles. The Balaban J connectivity index is 2.63. The van der Waals surface area contributed by atoms with Crippen molar-refractivity contribution >= 4 is 5.91 Å². The molecule has 0 heterocycles. The molecule has 1 amide bonds. The Morgan fingerprint density at radius 3 is 2.29 bits per heavy atom. The van der Waals surface area contributed by atoms with E-state index in [-0.39, 0.29) is 6.61 Å². The average molecular weight is 239 g/mol. The number of carbonyl (C=O) groups is 1. The van der Waals surface area contributed by atoms with E-state index in [1.54, 1.807) is 7.11 Å². The second-order valence-corrected chi connectivity index (χ2v) is 3.65. The third-order valence-electron chi connectivity index (χ3n) is 2.51. The van der Waals surface area contributed by atoms with Crippen LogP contribution in [0, 0.1) is 0 Å². The van der Waals surface area contributed by atoms with Crippen molar-refractivity contribution in [1.29, 1.82) is 0 Å². The van der Waals surface area contributed by atoms with Gasteiger partial charge in [0.2, 0.25) is 5.79 Å². The molecule has 1 rings (SSSR count). The number of benzene rings is 1. The Morgan fingerprint density at radius 1 is 1.29 bits per heavy atom. The summed E-state index contributed by atoms with van der Waals surface area (Å²) in [5, 5.41) is 0. The maximum atomic E-state index is 11.1. The molecule has 0 saturated carbocycles. The minimum Gasteiger partial charge on any atom is -0.497 e. The zero-order valence-electron chi connectivity index (χ0n) is 10.2. The largest absolute Gasteiger partial charge is 0.497 e. The molecular weight excluding hydrogens is 222 g/mol. The molecule has 94 valence electrons. The SMILES string of the molecule is COc1ccc(COC(C)(OC)C(N)=O)cc1. The van der Waals surface area contributed by atoms with Crippen molar-refractivity contribution in [3.63, 3.8) is 0 Å². The van der Waals surface area contributed by atoms with Gasteiger partial charge < -0.3 is 19.9 Å². The summed E-state index contributed by atoms with van der Waals surface area (Å²) in [6.07, 6.45) is 0. The van der Waals surface area contributed by atoms with Gasteiger partial charge in [0, 0.05) is 7.11 Å². The maximum absolute atomic E-state index is 11.1. The molecular formula is C12H17NO4. The minimum absolute atomic E-state index is 0.233. The zero-order chi connectivity index (χ0) is 12.9. The van der Waals surface area contributed by atoms with Gasteiger partial charge in [-0.25, -0.2) is 0 Å². The van der Waals surface area contributed by atoms with Crippen molar-refractivity contribution < 1.29 is 19.0 Å². The topological polar surface area (TPSA) is 70.8 Å². The van der Waals surface area contributed by atoms with Crippen LogP contribution in [0.5, 0.6) is 5.75 Å². The van der Waals surface area contributed by atoms with Gasteiger partial charge in [-0.05, 0) is 24.6 Å². The second-order valence-electron chi connectivity index (χ2n) is 3.65. The second kappa shape index (κ2) is 5.65. The number of nitrogens with two attached hydrogens (primary N) is 1. The van der Waals surface area contributed by atoms with E-state index < -0.39 is 11.7 Å². The minimum atomic E-state index is -1.40. The monoisotopic (exact) mass is 239 g/mol. The van der Waals surface area contributed by atoms with Gasteiger partial charge in [-0.15, -0.1) is 0 Å². The first-order valence-corrected chi connectivity index (χ1v) is 5.14. The summed E-state index contributed by atoms with van der Waals surface area (Å²) in [4.78, 5) is 11.1. The molecule has 5 heteroatoms. The first-order valence-electron chi connectivity index (χ1n) is 5.14. The van der Waals surface area contributed by atoms with E-state index in [2.05, 4.69) is 0 Å². The molecule has 0 bridgehead atoms. The van der Waals surface area contributed by atoms with Crippen LogP contribution in [0.1, 0.15) is 12.5 Å². The van der Waals surface area contributed by atoms with Gasteiger partial charge in [0.25, 0.3) is 5.91 Å². The molecule has 0 spiro atoms. The number of carbonyl (C=O) groups excluding carboxylic acids is 1. The normalized spacial score (nSPS) is 14.1. The smallest absolute Gasteiger partial charge is 0.277 e. The van der Waals surface area contributed by atoms with Crippen LogP contribution in [0.4, 0.5) is 0 Å². The highest BCUT2D eigenvalue weighted by Crippen LogP contribution is 2.16. The van der Waals surface area contributed by atoms with Crippen LogP contribution in [0.25, 0.3) is 0 Å². The molecule has 0 saturated heterocycles. The fourth-order valence-corrected chi connectivity index (χ4v) is 1.17. The van der Waals surface area contributed by atoms with Gasteiger partial charge in [0.05, 0.1) is 13.7 Å². The van der Waals surface area contributed by atoms with E-state index >= 15 is 0 Å². The summed E-state index contributed by atoms with van der Waals surface area (Å²) >= 11 is 0. The fourth-order valence-electron chi connectivity index (χ4n) is 1.17. The lowest BCUT2D eigenvalue weighted by molar-refractivity contribution is -0.213. The molecule has 0 fully saturated rings. The highest BCUT2D eigenvalue weighted by atomic mass is 16.7. The standard InChI is InChI=1S/C12H17NO4/c1-12(16-3,11(13)14)17-8-9-4-6-10(15-2)7-5-9/h4-7H,8H2,1-3H3,(H2,13,14). The molecule has 1 atom stereocenters. The third-order valence-corrected chi connectivity index (χ3v) is 2.51. The van der Waals surface area contributed by atoms with Crippen molar-refractivity contribution in [1.82, 2.24) is 0 Å². The van der Waals surface area contributed by atoms with Gasteiger partial charge >= 0.3 is 0 Å². The zero-order valence-corrected chi connectivity index (χ0v) is 10.2. The van der Waals surface area contributed by atoms with Crippen molar-refractivity contribution in [3.8, 4) is 5.75 Å². The van der Waals surface area contributed by atoms with Crippen molar-refractivity contribution in [2.45, 2.75) is 19.3 Å². The summed E-state index contributed by atoms with van der Waals surface area (Å²) in [5.74, 6) is -1.30. The van der Waals surface area contributed by atoms with Crippen LogP contribution in [0.2, 0.25) is 0 Å². The average Bonchev–Trinajstić information content (AvgIpc) is 2.36. The molecule has 0 aliphatic rings. The van der Waals surface area contributed by atoms with E-state index in [0.29, 0.717) is 0 Å². The Labute approximate surface area is 100 Å². The lowest BCUT2D eigenvalue weighted by Gasteiger charge is -2.24. The summed E-state index contributed by atoms with van der Waals surface area (Å²) in [7, 11) is 2.97. The molecule has 0 aliphatic heterocycles. The van der Waals surface area contributed by atoms with Gasteiger partial charge in [-0.1, -0.05) is 12.1 Å². The lowest BCUT2D eigenvalue weighted by atomic mass is 10.2. The van der Waals surface area contributed by atoms with E-state index in [0.717, 1.165) is 11.3 Å². The highest BCUT2D eigenvalue weighted by Gasteiger charge is 2.31. The molecule has 2 N–H and O–H groups in total. The van der Waals surface area contributed by atoms with Crippen LogP contribution < -0.4 is 10.5 Å².